The molecule has 1 aliphatic heterocycles. The third-order valence-electron chi connectivity index (χ3n) is 3.18. The van der Waals surface area contributed by atoms with Crippen LogP contribution in [0.3, 0.4) is 0 Å². The van der Waals surface area contributed by atoms with Crippen molar-refractivity contribution in [3.8, 4) is 0 Å². The van der Waals surface area contributed by atoms with Crippen LogP contribution in [0, 0.1) is 17.8 Å². The number of β-lactam (4-membered cyclic amide) rings is 1. The van der Waals surface area contributed by atoms with Crippen LogP contribution in [0.1, 0.15) is 27.2 Å². The minimum Gasteiger partial charge on any atom is -0.481 e. The van der Waals surface area contributed by atoms with Crippen LogP contribution in [0.5, 0.6) is 0 Å². The molecule has 0 aromatic carbocycles. The minimum atomic E-state index is -0.844. The summed E-state index contributed by atoms with van der Waals surface area (Å²) in [5, 5.41) is 11.5. The van der Waals surface area contributed by atoms with Gasteiger partial charge in [0.2, 0.25) is 5.91 Å². The smallest absolute Gasteiger partial charge is 0.308 e. The number of hydrogen-bond donors (Lipinski definition) is 2. The van der Waals surface area contributed by atoms with Gasteiger partial charge >= 0.3 is 5.97 Å². The first-order chi connectivity index (χ1) is 6.49. The fourth-order valence-electron chi connectivity index (χ4n) is 1.87. The summed E-state index contributed by atoms with van der Waals surface area (Å²) in [5.74, 6) is -1.20. The number of rotatable bonds is 4. The Labute approximate surface area is 83.7 Å². The summed E-state index contributed by atoms with van der Waals surface area (Å²) >= 11 is 0. The standard InChI is InChI=1S/C10H17NO3/c1-4-5(2)7-8(11-9(7)12)6(3)10(13)14/h5-8H,4H2,1-3H3,(H,11,12)(H,13,14). The fourth-order valence-corrected chi connectivity index (χ4v) is 1.87. The SMILES string of the molecule is CCC(C)C1C(=O)NC1C(C)C(=O)O. The lowest BCUT2D eigenvalue weighted by Gasteiger charge is -2.42. The Morgan fingerprint density at radius 1 is 1.57 bits per heavy atom. The van der Waals surface area contributed by atoms with Gasteiger partial charge in [0.1, 0.15) is 0 Å². The molecule has 0 aliphatic carbocycles. The van der Waals surface area contributed by atoms with Gasteiger partial charge in [-0.3, -0.25) is 9.59 Å². The van der Waals surface area contributed by atoms with Crippen molar-refractivity contribution >= 4 is 11.9 Å². The summed E-state index contributed by atoms with van der Waals surface area (Å²) in [6.45, 7) is 5.64. The largest absolute Gasteiger partial charge is 0.481 e. The van der Waals surface area contributed by atoms with Gasteiger partial charge in [0.25, 0.3) is 0 Å². The maximum absolute atomic E-state index is 11.3. The molecule has 0 spiro atoms. The molecule has 1 saturated heterocycles. The summed E-state index contributed by atoms with van der Waals surface area (Å²) in [4.78, 5) is 22.0. The zero-order valence-corrected chi connectivity index (χ0v) is 8.78. The van der Waals surface area contributed by atoms with Gasteiger partial charge in [0.05, 0.1) is 17.9 Å². The van der Waals surface area contributed by atoms with E-state index in [9.17, 15) is 9.59 Å². The predicted molar refractivity (Wildman–Crippen MR) is 51.7 cm³/mol. The second kappa shape index (κ2) is 3.98. The Bertz CT molecular complexity index is 252. The first-order valence-electron chi connectivity index (χ1n) is 5.02. The van der Waals surface area contributed by atoms with Crippen LogP contribution in [0.2, 0.25) is 0 Å². The summed E-state index contributed by atoms with van der Waals surface area (Å²) in [6, 6.07) is -0.185. The van der Waals surface area contributed by atoms with Crippen molar-refractivity contribution in [1.82, 2.24) is 5.32 Å². The fraction of sp³-hybridized carbons (Fsp3) is 0.800. The minimum absolute atomic E-state index is 0.00236. The predicted octanol–water partition coefficient (Wildman–Crippen LogP) is 0.868. The molecule has 2 N–H and O–H groups in total. The molecule has 4 heteroatoms. The number of carbonyl (C=O) groups excluding carboxylic acids is 1. The van der Waals surface area contributed by atoms with Crippen LogP contribution < -0.4 is 5.32 Å². The monoisotopic (exact) mass is 199 g/mol. The van der Waals surface area contributed by atoms with Crippen molar-refractivity contribution < 1.29 is 14.7 Å². The van der Waals surface area contributed by atoms with E-state index in [0.717, 1.165) is 6.42 Å². The van der Waals surface area contributed by atoms with Crippen molar-refractivity contribution in [2.45, 2.75) is 33.2 Å². The third kappa shape index (κ3) is 1.74. The number of hydrogen-bond acceptors (Lipinski definition) is 2. The van der Waals surface area contributed by atoms with E-state index in [4.69, 9.17) is 5.11 Å². The summed E-state index contributed by atoms with van der Waals surface area (Å²) in [7, 11) is 0. The lowest BCUT2D eigenvalue weighted by atomic mass is 9.74. The van der Waals surface area contributed by atoms with Gasteiger partial charge in [0, 0.05) is 0 Å². The van der Waals surface area contributed by atoms with E-state index in [1.165, 1.54) is 0 Å². The normalized spacial score (nSPS) is 30.1. The van der Waals surface area contributed by atoms with Gasteiger partial charge in [-0.05, 0) is 12.8 Å². The van der Waals surface area contributed by atoms with Gasteiger partial charge in [-0.15, -0.1) is 0 Å². The van der Waals surface area contributed by atoms with E-state index in [-0.39, 0.29) is 23.8 Å². The molecule has 80 valence electrons. The quantitative estimate of drug-likeness (QED) is 0.660. The number of carbonyl (C=O) groups is 2. The van der Waals surface area contributed by atoms with Crippen LogP contribution in [0.25, 0.3) is 0 Å². The van der Waals surface area contributed by atoms with Gasteiger partial charge < -0.3 is 10.4 Å². The lowest BCUT2D eigenvalue weighted by Crippen LogP contribution is -2.64. The summed E-state index contributed by atoms with van der Waals surface area (Å²) < 4.78 is 0. The second-order valence-corrected chi connectivity index (χ2v) is 4.07. The average molecular weight is 199 g/mol. The van der Waals surface area contributed by atoms with Crippen LogP contribution in [0.4, 0.5) is 0 Å². The molecule has 4 unspecified atom stereocenters. The average Bonchev–Trinajstić information content (AvgIpc) is 2.12. The van der Waals surface area contributed by atoms with E-state index in [0.29, 0.717) is 0 Å². The Morgan fingerprint density at radius 2 is 2.14 bits per heavy atom. The highest BCUT2D eigenvalue weighted by atomic mass is 16.4. The van der Waals surface area contributed by atoms with Crippen LogP contribution >= 0.6 is 0 Å². The molecule has 4 atom stereocenters. The molecule has 1 heterocycles. The lowest BCUT2D eigenvalue weighted by molar-refractivity contribution is -0.149. The molecule has 1 rings (SSSR count). The van der Waals surface area contributed by atoms with Crippen molar-refractivity contribution in [1.29, 1.82) is 0 Å². The zero-order chi connectivity index (χ0) is 10.9. The van der Waals surface area contributed by atoms with Crippen molar-refractivity contribution in [2.75, 3.05) is 0 Å². The Morgan fingerprint density at radius 3 is 2.50 bits per heavy atom. The van der Waals surface area contributed by atoms with Crippen molar-refractivity contribution in [3.05, 3.63) is 0 Å². The first kappa shape index (κ1) is 11.0. The molecule has 0 aromatic rings. The van der Waals surface area contributed by atoms with Gasteiger partial charge in [-0.2, -0.15) is 0 Å². The number of nitrogens with one attached hydrogen (secondary N) is 1. The maximum Gasteiger partial charge on any atom is 0.308 e. The molecule has 0 aromatic heterocycles. The highest BCUT2D eigenvalue weighted by Crippen LogP contribution is 2.30. The van der Waals surface area contributed by atoms with E-state index in [1.54, 1.807) is 6.92 Å². The number of aliphatic carboxylic acids is 1. The van der Waals surface area contributed by atoms with Crippen molar-refractivity contribution in [2.24, 2.45) is 17.8 Å². The summed E-state index contributed by atoms with van der Waals surface area (Å²) in [6.07, 6.45) is 0.904. The molecule has 14 heavy (non-hydrogen) atoms. The van der Waals surface area contributed by atoms with Gasteiger partial charge in [-0.25, -0.2) is 0 Å². The Hall–Kier alpha value is -1.06. The van der Waals surface area contributed by atoms with Gasteiger partial charge in [-0.1, -0.05) is 20.3 Å². The van der Waals surface area contributed by atoms with Crippen LogP contribution in [-0.2, 0) is 9.59 Å². The topological polar surface area (TPSA) is 66.4 Å². The third-order valence-corrected chi connectivity index (χ3v) is 3.18. The molecule has 1 aliphatic rings. The maximum atomic E-state index is 11.3. The van der Waals surface area contributed by atoms with Gasteiger partial charge in [0.15, 0.2) is 0 Å². The Balaban J connectivity index is 2.65. The van der Waals surface area contributed by atoms with Crippen LogP contribution in [-0.4, -0.2) is 23.0 Å². The first-order valence-corrected chi connectivity index (χ1v) is 5.02. The van der Waals surface area contributed by atoms with E-state index in [1.807, 2.05) is 13.8 Å². The van der Waals surface area contributed by atoms with Crippen LogP contribution in [0.15, 0.2) is 0 Å². The van der Waals surface area contributed by atoms with Crippen molar-refractivity contribution in [3.63, 3.8) is 0 Å². The number of carboxylic acid groups (broad SMARTS) is 1. The zero-order valence-electron chi connectivity index (χ0n) is 8.78. The molecule has 1 amide bonds. The molecular weight excluding hydrogens is 182 g/mol. The van der Waals surface area contributed by atoms with E-state index >= 15 is 0 Å². The Kier molecular flexibility index (Phi) is 3.13. The molecule has 4 nitrogen and oxygen atoms in total. The molecule has 0 saturated carbocycles. The highest BCUT2D eigenvalue weighted by Gasteiger charge is 2.46. The summed E-state index contributed by atoms with van der Waals surface area (Å²) in [5.41, 5.74) is 0. The van der Waals surface area contributed by atoms with E-state index < -0.39 is 11.9 Å². The molecule has 1 fully saturated rings. The number of amides is 1. The molecular formula is C10H17NO3. The van der Waals surface area contributed by atoms with E-state index in [2.05, 4.69) is 5.32 Å². The molecule has 0 bridgehead atoms. The highest BCUT2D eigenvalue weighted by molar-refractivity contribution is 5.88. The second-order valence-electron chi connectivity index (χ2n) is 4.07. The molecule has 0 radical (unpaired) electrons. The number of carboxylic acids is 1.